The van der Waals surface area contributed by atoms with Crippen molar-refractivity contribution in [2.45, 2.75) is 32.2 Å². The second kappa shape index (κ2) is 6.19. The van der Waals surface area contributed by atoms with Crippen LogP contribution in [0.25, 0.3) is 0 Å². The van der Waals surface area contributed by atoms with E-state index in [9.17, 15) is 9.59 Å². The fraction of sp³-hybridized carbons (Fsp3) is 0.300. The predicted octanol–water partition coefficient (Wildman–Crippen LogP) is 4.52. The molecule has 0 saturated carbocycles. The summed E-state index contributed by atoms with van der Waals surface area (Å²) in [5.74, 6) is -0.567. The minimum Gasteiger partial charge on any atom is -0.367 e. The van der Waals surface area contributed by atoms with E-state index in [1.54, 1.807) is 30.3 Å². The minimum absolute atomic E-state index is 0.284. The smallest absolute Gasteiger partial charge is 0.266 e. The van der Waals surface area contributed by atoms with Crippen molar-refractivity contribution in [1.29, 1.82) is 0 Å². The Morgan fingerprint density at radius 2 is 1.64 bits per heavy atom. The molecule has 4 rings (SSSR count). The minimum atomic E-state index is -0.284. The number of carbonyl (C=O) groups is 2. The first-order valence-corrected chi connectivity index (χ1v) is 9.00. The van der Waals surface area contributed by atoms with Gasteiger partial charge in [-0.3, -0.25) is 9.59 Å². The molecule has 1 atom stereocenters. The maximum Gasteiger partial charge on any atom is 0.266 e. The van der Waals surface area contributed by atoms with E-state index >= 15 is 0 Å². The van der Waals surface area contributed by atoms with E-state index in [0.29, 0.717) is 27.9 Å². The first kappa shape index (κ1) is 16.2. The maximum atomic E-state index is 12.9. The van der Waals surface area contributed by atoms with E-state index in [0.717, 1.165) is 25.1 Å². The van der Waals surface area contributed by atoms with Gasteiger partial charge < -0.3 is 4.90 Å². The van der Waals surface area contributed by atoms with Crippen LogP contribution in [0.4, 0.5) is 11.4 Å². The van der Waals surface area contributed by atoms with Crippen molar-refractivity contribution in [2.75, 3.05) is 16.3 Å². The van der Waals surface area contributed by atoms with E-state index < -0.39 is 0 Å². The van der Waals surface area contributed by atoms with Crippen LogP contribution in [-0.2, 0) is 0 Å². The van der Waals surface area contributed by atoms with Crippen molar-refractivity contribution in [1.82, 2.24) is 0 Å². The van der Waals surface area contributed by atoms with Gasteiger partial charge in [0.1, 0.15) is 0 Å². The van der Waals surface area contributed by atoms with Crippen LogP contribution in [0.3, 0.4) is 0 Å². The molecular weight excluding hydrogens is 336 g/mol. The zero-order valence-corrected chi connectivity index (χ0v) is 14.8. The largest absolute Gasteiger partial charge is 0.367 e. The molecule has 0 aromatic heterocycles. The molecule has 0 N–H and O–H groups in total. The van der Waals surface area contributed by atoms with Crippen LogP contribution in [0.15, 0.2) is 42.5 Å². The summed E-state index contributed by atoms with van der Waals surface area (Å²) >= 11 is 6.21. The van der Waals surface area contributed by atoms with Crippen molar-refractivity contribution in [3.05, 3.63) is 58.6 Å². The molecule has 2 aromatic carbocycles. The molecule has 1 unspecified atom stereocenters. The van der Waals surface area contributed by atoms with Crippen molar-refractivity contribution < 1.29 is 9.59 Å². The molecule has 0 aliphatic carbocycles. The average molecular weight is 355 g/mol. The summed E-state index contributed by atoms with van der Waals surface area (Å²) in [7, 11) is 0. The van der Waals surface area contributed by atoms with E-state index in [1.807, 2.05) is 12.1 Å². The quantitative estimate of drug-likeness (QED) is 0.744. The Morgan fingerprint density at radius 3 is 2.28 bits per heavy atom. The van der Waals surface area contributed by atoms with Gasteiger partial charge in [0.05, 0.1) is 22.5 Å². The summed E-state index contributed by atoms with van der Waals surface area (Å²) in [6.07, 6.45) is 3.41. The highest BCUT2D eigenvalue weighted by atomic mass is 35.5. The number of anilines is 2. The molecule has 25 heavy (non-hydrogen) atoms. The third-order valence-corrected chi connectivity index (χ3v) is 5.32. The number of fused-ring (bicyclic) bond motifs is 1. The van der Waals surface area contributed by atoms with E-state index in [-0.39, 0.29) is 11.8 Å². The highest BCUT2D eigenvalue weighted by molar-refractivity contribution is 6.36. The standard InChI is InChI=1S/C20H19ClN2O2/c1-13-6-4-5-11-22(13)17-10-9-14(21)12-18(17)23-19(24)15-7-2-3-8-16(15)20(23)25/h2-3,7-10,12-13H,4-6,11H2,1H3. The lowest BCUT2D eigenvalue weighted by Crippen LogP contribution is -2.39. The van der Waals surface area contributed by atoms with Crippen LogP contribution in [0.1, 0.15) is 46.9 Å². The molecule has 0 radical (unpaired) electrons. The summed E-state index contributed by atoms with van der Waals surface area (Å²) in [5, 5.41) is 0.514. The molecule has 2 aliphatic heterocycles. The molecule has 4 nitrogen and oxygen atoms in total. The number of hydrogen-bond donors (Lipinski definition) is 0. The summed E-state index contributed by atoms with van der Waals surface area (Å²) in [5.41, 5.74) is 2.37. The number of imide groups is 1. The summed E-state index contributed by atoms with van der Waals surface area (Å²) in [6, 6.07) is 12.8. The summed E-state index contributed by atoms with van der Waals surface area (Å²) in [4.78, 5) is 29.3. The first-order valence-electron chi connectivity index (χ1n) is 8.62. The van der Waals surface area contributed by atoms with Crippen molar-refractivity contribution >= 4 is 34.8 Å². The van der Waals surface area contributed by atoms with E-state index in [1.165, 1.54) is 11.3 Å². The fourth-order valence-corrected chi connectivity index (χ4v) is 3.95. The second-order valence-corrected chi connectivity index (χ2v) is 7.10. The molecule has 1 saturated heterocycles. The first-order chi connectivity index (χ1) is 12.1. The zero-order valence-electron chi connectivity index (χ0n) is 14.0. The zero-order chi connectivity index (χ0) is 17.6. The number of hydrogen-bond acceptors (Lipinski definition) is 3. The second-order valence-electron chi connectivity index (χ2n) is 6.66. The van der Waals surface area contributed by atoms with Crippen molar-refractivity contribution in [2.24, 2.45) is 0 Å². The van der Waals surface area contributed by atoms with E-state index in [4.69, 9.17) is 11.6 Å². The van der Waals surface area contributed by atoms with Gasteiger partial charge in [0.2, 0.25) is 0 Å². The fourth-order valence-electron chi connectivity index (χ4n) is 3.78. The highest BCUT2D eigenvalue weighted by Crippen LogP contribution is 2.39. The number of carbonyl (C=O) groups excluding carboxylic acids is 2. The van der Waals surface area contributed by atoms with Crippen molar-refractivity contribution in [3.63, 3.8) is 0 Å². The molecule has 128 valence electrons. The van der Waals surface area contributed by atoms with Crippen molar-refractivity contribution in [3.8, 4) is 0 Å². The molecule has 2 aromatic rings. The third kappa shape index (κ3) is 2.61. The number of piperidine rings is 1. The summed E-state index contributed by atoms with van der Waals surface area (Å²) in [6.45, 7) is 3.10. The SMILES string of the molecule is CC1CCCCN1c1ccc(Cl)cc1N1C(=O)c2ccccc2C1=O. The Bertz CT molecular complexity index is 830. The molecule has 2 heterocycles. The van der Waals surface area contributed by atoms with Crippen LogP contribution in [0, 0.1) is 0 Å². The van der Waals surface area contributed by atoms with Crippen LogP contribution in [0.2, 0.25) is 5.02 Å². The lowest BCUT2D eigenvalue weighted by molar-refractivity contribution is 0.0926. The summed E-state index contributed by atoms with van der Waals surface area (Å²) < 4.78 is 0. The van der Waals surface area contributed by atoms with Crippen LogP contribution < -0.4 is 9.80 Å². The van der Waals surface area contributed by atoms with Gasteiger partial charge in [-0.1, -0.05) is 23.7 Å². The Hall–Kier alpha value is -2.33. The number of halogens is 1. The molecule has 0 spiro atoms. The molecule has 2 aliphatic rings. The Labute approximate surface area is 152 Å². The van der Waals surface area contributed by atoms with Crippen LogP contribution in [-0.4, -0.2) is 24.4 Å². The molecule has 0 bridgehead atoms. The number of nitrogens with zero attached hydrogens (tertiary/aromatic N) is 2. The highest BCUT2D eigenvalue weighted by Gasteiger charge is 2.38. The van der Waals surface area contributed by atoms with Gasteiger partial charge in [0.15, 0.2) is 0 Å². The van der Waals surface area contributed by atoms with Crippen LogP contribution in [0.5, 0.6) is 0 Å². The molecule has 1 fully saturated rings. The number of amides is 2. The van der Waals surface area contributed by atoms with Gasteiger partial charge in [0.25, 0.3) is 11.8 Å². The van der Waals surface area contributed by atoms with Crippen LogP contribution >= 0.6 is 11.6 Å². The topological polar surface area (TPSA) is 40.6 Å². The maximum absolute atomic E-state index is 12.9. The van der Waals surface area contributed by atoms with Gasteiger partial charge in [0, 0.05) is 17.6 Å². The van der Waals surface area contributed by atoms with Gasteiger partial charge in [-0.2, -0.15) is 0 Å². The van der Waals surface area contributed by atoms with Gasteiger partial charge >= 0.3 is 0 Å². The Balaban J connectivity index is 1.82. The number of rotatable bonds is 2. The molecular formula is C20H19ClN2O2. The van der Waals surface area contributed by atoms with Gasteiger partial charge in [-0.15, -0.1) is 0 Å². The normalized spacial score (nSPS) is 20.2. The Morgan fingerprint density at radius 1 is 0.960 bits per heavy atom. The Kier molecular flexibility index (Phi) is 4.00. The molecule has 2 amide bonds. The number of benzene rings is 2. The van der Waals surface area contributed by atoms with Gasteiger partial charge in [-0.25, -0.2) is 4.90 Å². The third-order valence-electron chi connectivity index (χ3n) is 5.08. The van der Waals surface area contributed by atoms with E-state index in [2.05, 4.69) is 11.8 Å². The average Bonchev–Trinajstić information content (AvgIpc) is 2.87. The lowest BCUT2D eigenvalue weighted by Gasteiger charge is -2.37. The lowest BCUT2D eigenvalue weighted by atomic mass is 10.0. The predicted molar refractivity (Wildman–Crippen MR) is 99.7 cm³/mol. The molecule has 5 heteroatoms. The van der Waals surface area contributed by atoms with Gasteiger partial charge in [-0.05, 0) is 56.5 Å². The monoisotopic (exact) mass is 354 g/mol.